The van der Waals surface area contributed by atoms with Gasteiger partial charge in [-0.05, 0) is 48.9 Å². The molecule has 2 rings (SSSR count). The number of carbonyl (C=O) groups excluding carboxylic acids is 1. The quantitative estimate of drug-likeness (QED) is 0.933. The Balaban J connectivity index is 1.92. The normalized spacial score (nSPS) is 16.7. The largest absolute Gasteiger partial charge is 0.342 e. The van der Waals surface area contributed by atoms with Crippen LogP contribution in [-0.2, 0) is 11.2 Å². The SMILES string of the molecule is NCC(=O)N1CCC(Cc2cc(Cl)ccc2Cl)CC1. The molecule has 1 fully saturated rings. The lowest BCUT2D eigenvalue weighted by Gasteiger charge is -2.32. The van der Waals surface area contributed by atoms with Gasteiger partial charge in [-0.3, -0.25) is 4.79 Å². The van der Waals surface area contributed by atoms with Crippen molar-refractivity contribution in [1.82, 2.24) is 4.90 Å². The van der Waals surface area contributed by atoms with Gasteiger partial charge in [-0.1, -0.05) is 23.2 Å². The first-order valence-corrected chi connectivity index (χ1v) is 7.27. The molecule has 3 nitrogen and oxygen atoms in total. The van der Waals surface area contributed by atoms with Gasteiger partial charge in [-0.25, -0.2) is 0 Å². The molecule has 0 bridgehead atoms. The molecule has 0 radical (unpaired) electrons. The highest BCUT2D eigenvalue weighted by atomic mass is 35.5. The Morgan fingerprint density at radius 3 is 2.63 bits per heavy atom. The Morgan fingerprint density at radius 2 is 2.00 bits per heavy atom. The molecule has 0 aliphatic carbocycles. The van der Waals surface area contributed by atoms with Crippen molar-refractivity contribution in [2.75, 3.05) is 19.6 Å². The number of hydrogen-bond acceptors (Lipinski definition) is 2. The molecule has 1 aliphatic rings. The van der Waals surface area contributed by atoms with Crippen LogP contribution < -0.4 is 5.73 Å². The van der Waals surface area contributed by atoms with Crippen LogP contribution in [0.5, 0.6) is 0 Å². The molecule has 2 N–H and O–H groups in total. The van der Waals surface area contributed by atoms with Gasteiger partial charge in [0.05, 0.1) is 6.54 Å². The molecule has 1 saturated heterocycles. The first-order valence-electron chi connectivity index (χ1n) is 6.52. The molecule has 1 aromatic carbocycles. The first-order chi connectivity index (χ1) is 9.10. The maximum absolute atomic E-state index is 11.5. The van der Waals surface area contributed by atoms with E-state index in [2.05, 4.69) is 0 Å². The molecular weight excluding hydrogens is 283 g/mol. The van der Waals surface area contributed by atoms with E-state index in [9.17, 15) is 4.79 Å². The van der Waals surface area contributed by atoms with Crippen LogP contribution in [0.15, 0.2) is 18.2 Å². The van der Waals surface area contributed by atoms with Crippen LogP contribution in [0.1, 0.15) is 18.4 Å². The molecule has 0 spiro atoms. The van der Waals surface area contributed by atoms with Crippen LogP contribution in [0.4, 0.5) is 0 Å². The second-order valence-electron chi connectivity index (χ2n) is 4.97. The van der Waals surface area contributed by atoms with Gasteiger partial charge in [-0.2, -0.15) is 0 Å². The lowest BCUT2D eigenvalue weighted by molar-refractivity contribution is -0.131. The molecule has 19 heavy (non-hydrogen) atoms. The molecule has 1 aliphatic heterocycles. The molecule has 1 aromatic rings. The summed E-state index contributed by atoms with van der Waals surface area (Å²) in [5.41, 5.74) is 6.47. The lowest BCUT2D eigenvalue weighted by atomic mass is 9.90. The van der Waals surface area contributed by atoms with Gasteiger partial charge in [0.15, 0.2) is 0 Å². The fourth-order valence-electron chi connectivity index (χ4n) is 2.53. The second-order valence-corrected chi connectivity index (χ2v) is 5.81. The van der Waals surface area contributed by atoms with E-state index in [4.69, 9.17) is 28.9 Å². The fraction of sp³-hybridized carbons (Fsp3) is 0.500. The third kappa shape index (κ3) is 3.85. The average Bonchev–Trinajstić information content (AvgIpc) is 2.43. The van der Waals surface area contributed by atoms with Crippen molar-refractivity contribution in [3.8, 4) is 0 Å². The van der Waals surface area contributed by atoms with Crippen LogP contribution >= 0.6 is 23.2 Å². The first kappa shape index (κ1) is 14.6. The van der Waals surface area contributed by atoms with Crippen LogP contribution in [0.25, 0.3) is 0 Å². The minimum Gasteiger partial charge on any atom is -0.342 e. The van der Waals surface area contributed by atoms with Crippen molar-refractivity contribution < 1.29 is 4.79 Å². The number of carbonyl (C=O) groups is 1. The van der Waals surface area contributed by atoms with Crippen LogP contribution in [0, 0.1) is 5.92 Å². The number of nitrogens with zero attached hydrogens (tertiary/aromatic N) is 1. The topological polar surface area (TPSA) is 46.3 Å². The highest BCUT2D eigenvalue weighted by Crippen LogP contribution is 2.27. The van der Waals surface area contributed by atoms with Crippen molar-refractivity contribution in [3.63, 3.8) is 0 Å². The van der Waals surface area contributed by atoms with Gasteiger partial charge in [0, 0.05) is 23.1 Å². The summed E-state index contributed by atoms with van der Waals surface area (Å²) >= 11 is 12.2. The molecule has 0 saturated carbocycles. The predicted octanol–water partition coefficient (Wildman–Crippen LogP) is 2.73. The maximum Gasteiger partial charge on any atom is 0.236 e. The monoisotopic (exact) mass is 300 g/mol. The Morgan fingerprint density at radius 1 is 1.32 bits per heavy atom. The van der Waals surface area contributed by atoms with E-state index in [-0.39, 0.29) is 12.5 Å². The highest BCUT2D eigenvalue weighted by Gasteiger charge is 2.22. The maximum atomic E-state index is 11.5. The van der Waals surface area contributed by atoms with E-state index in [1.807, 2.05) is 17.0 Å². The number of likely N-dealkylation sites (tertiary alicyclic amines) is 1. The zero-order valence-electron chi connectivity index (χ0n) is 10.7. The van der Waals surface area contributed by atoms with Gasteiger partial charge in [0.2, 0.25) is 5.91 Å². The standard InChI is InChI=1S/C14H18Cl2N2O/c15-12-1-2-13(16)11(8-12)7-10-3-5-18(6-4-10)14(19)9-17/h1-2,8,10H,3-7,9,17H2. The molecule has 0 atom stereocenters. The van der Waals surface area contributed by atoms with E-state index in [1.54, 1.807) is 6.07 Å². The molecule has 1 heterocycles. The summed E-state index contributed by atoms with van der Waals surface area (Å²) in [6, 6.07) is 5.57. The number of rotatable bonds is 3. The summed E-state index contributed by atoms with van der Waals surface area (Å²) in [5, 5.41) is 1.49. The van der Waals surface area contributed by atoms with E-state index in [1.165, 1.54) is 0 Å². The zero-order chi connectivity index (χ0) is 13.8. The van der Waals surface area contributed by atoms with Crippen LogP contribution in [0.3, 0.4) is 0 Å². The van der Waals surface area contributed by atoms with Crippen LogP contribution in [0.2, 0.25) is 10.0 Å². The molecule has 1 amide bonds. The summed E-state index contributed by atoms with van der Waals surface area (Å²) in [5.74, 6) is 0.594. The minimum absolute atomic E-state index is 0.0410. The summed E-state index contributed by atoms with van der Waals surface area (Å²) in [4.78, 5) is 13.3. The van der Waals surface area contributed by atoms with Gasteiger partial charge < -0.3 is 10.6 Å². The zero-order valence-corrected chi connectivity index (χ0v) is 12.3. The van der Waals surface area contributed by atoms with Crippen molar-refractivity contribution in [2.45, 2.75) is 19.3 Å². The van der Waals surface area contributed by atoms with Gasteiger partial charge in [0.1, 0.15) is 0 Å². The molecule has 5 heteroatoms. The number of halogens is 2. The second kappa shape index (κ2) is 6.60. The molecule has 104 valence electrons. The third-order valence-electron chi connectivity index (χ3n) is 3.66. The lowest BCUT2D eigenvalue weighted by Crippen LogP contribution is -2.41. The number of hydrogen-bond donors (Lipinski definition) is 1. The fourth-order valence-corrected chi connectivity index (χ4v) is 2.92. The van der Waals surface area contributed by atoms with Crippen molar-refractivity contribution in [2.24, 2.45) is 11.7 Å². The highest BCUT2D eigenvalue weighted by molar-refractivity contribution is 6.33. The predicted molar refractivity (Wildman–Crippen MR) is 78.5 cm³/mol. The smallest absolute Gasteiger partial charge is 0.236 e. The van der Waals surface area contributed by atoms with E-state index < -0.39 is 0 Å². The number of benzene rings is 1. The van der Waals surface area contributed by atoms with Gasteiger partial charge in [0.25, 0.3) is 0 Å². The number of nitrogens with two attached hydrogens (primary N) is 1. The Labute approximate surface area is 123 Å². The van der Waals surface area contributed by atoms with E-state index in [0.29, 0.717) is 5.92 Å². The Hall–Kier alpha value is -0.770. The summed E-state index contributed by atoms with van der Waals surface area (Å²) < 4.78 is 0. The number of piperidine rings is 1. The van der Waals surface area contributed by atoms with E-state index in [0.717, 1.165) is 48.0 Å². The molecule has 0 unspecified atom stereocenters. The summed E-state index contributed by atoms with van der Waals surface area (Å²) in [6.45, 7) is 1.68. The van der Waals surface area contributed by atoms with Crippen molar-refractivity contribution >= 4 is 29.1 Å². The number of amides is 1. The van der Waals surface area contributed by atoms with Gasteiger partial charge in [-0.15, -0.1) is 0 Å². The minimum atomic E-state index is 0.0410. The van der Waals surface area contributed by atoms with Crippen molar-refractivity contribution in [1.29, 1.82) is 0 Å². The Kier molecular flexibility index (Phi) is 5.08. The Bertz CT molecular complexity index is 457. The van der Waals surface area contributed by atoms with Gasteiger partial charge >= 0.3 is 0 Å². The summed E-state index contributed by atoms with van der Waals surface area (Å²) in [6.07, 6.45) is 2.91. The molecular formula is C14H18Cl2N2O. The third-order valence-corrected chi connectivity index (χ3v) is 4.26. The van der Waals surface area contributed by atoms with Crippen molar-refractivity contribution in [3.05, 3.63) is 33.8 Å². The van der Waals surface area contributed by atoms with E-state index >= 15 is 0 Å². The van der Waals surface area contributed by atoms with Crippen LogP contribution in [-0.4, -0.2) is 30.4 Å². The average molecular weight is 301 g/mol. The molecule has 0 aromatic heterocycles. The summed E-state index contributed by atoms with van der Waals surface area (Å²) in [7, 11) is 0.